The summed E-state index contributed by atoms with van der Waals surface area (Å²) in [5.74, 6) is -0.125. The van der Waals surface area contributed by atoms with E-state index in [0.29, 0.717) is 23.6 Å². The highest BCUT2D eigenvalue weighted by atomic mass is 32.1. The summed E-state index contributed by atoms with van der Waals surface area (Å²) in [4.78, 5) is 39.5. The van der Waals surface area contributed by atoms with Crippen molar-refractivity contribution < 1.29 is 14.4 Å². The Morgan fingerprint density at radius 2 is 2.00 bits per heavy atom. The van der Waals surface area contributed by atoms with E-state index in [-0.39, 0.29) is 11.8 Å². The summed E-state index contributed by atoms with van der Waals surface area (Å²) in [5, 5.41) is 3.71. The predicted molar refractivity (Wildman–Crippen MR) is 94.2 cm³/mol. The van der Waals surface area contributed by atoms with Gasteiger partial charge in [-0.05, 0) is 68.9 Å². The minimum absolute atomic E-state index is 0.320. The molecule has 1 aromatic heterocycles. The van der Waals surface area contributed by atoms with Crippen LogP contribution < -0.4 is 10.7 Å². The summed E-state index contributed by atoms with van der Waals surface area (Å²) in [6.07, 6.45) is 7.41. The first-order valence-corrected chi connectivity index (χ1v) is 9.89. The molecule has 0 aromatic carbocycles. The first kappa shape index (κ1) is 16.6. The molecule has 0 atom stereocenters. The van der Waals surface area contributed by atoms with Crippen LogP contribution in [0.1, 0.15) is 65.6 Å². The number of aryl methyl sites for hydroxylation is 2. The van der Waals surface area contributed by atoms with E-state index in [4.69, 9.17) is 0 Å². The molecule has 2 heterocycles. The molecule has 1 spiro atoms. The highest BCUT2D eigenvalue weighted by molar-refractivity contribution is 7.14. The molecule has 1 saturated heterocycles. The summed E-state index contributed by atoms with van der Waals surface area (Å²) in [6, 6.07) is 1.39. The Balaban J connectivity index is 1.48. The van der Waals surface area contributed by atoms with Gasteiger partial charge < -0.3 is 5.32 Å². The molecule has 4 amide bonds. The first-order valence-electron chi connectivity index (χ1n) is 9.08. The van der Waals surface area contributed by atoms with E-state index in [1.165, 1.54) is 21.8 Å². The van der Waals surface area contributed by atoms with Crippen LogP contribution >= 0.6 is 11.3 Å². The second-order valence-corrected chi connectivity index (χ2v) is 8.68. The third-order valence-corrected chi connectivity index (χ3v) is 6.96. The van der Waals surface area contributed by atoms with Gasteiger partial charge in [-0.1, -0.05) is 6.92 Å². The Labute approximate surface area is 150 Å². The van der Waals surface area contributed by atoms with Crippen LogP contribution in [0.5, 0.6) is 0 Å². The van der Waals surface area contributed by atoms with E-state index in [1.54, 1.807) is 0 Å². The lowest BCUT2D eigenvalue weighted by Crippen LogP contribution is -2.51. The summed E-state index contributed by atoms with van der Waals surface area (Å²) in [7, 11) is 0. The second-order valence-electron chi connectivity index (χ2n) is 7.54. The fourth-order valence-electron chi connectivity index (χ4n) is 4.07. The van der Waals surface area contributed by atoms with Gasteiger partial charge in [0.2, 0.25) is 0 Å². The first-order chi connectivity index (χ1) is 12.0. The normalized spacial score (nSPS) is 28.8. The van der Waals surface area contributed by atoms with E-state index in [1.807, 2.05) is 6.07 Å². The van der Waals surface area contributed by atoms with Gasteiger partial charge in [0.15, 0.2) is 0 Å². The van der Waals surface area contributed by atoms with Crippen LogP contribution in [-0.4, -0.2) is 28.4 Å². The molecular weight excluding hydrogens is 338 g/mol. The summed E-state index contributed by atoms with van der Waals surface area (Å²) < 4.78 is 0. The Morgan fingerprint density at radius 1 is 1.28 bits per heavy atom. The zero-order valence-corrected chi connectivity index (χ0v) is 15.2. The van der Waals surface area contributed by atoms with Gasteiger partial charge in [0.25, 0.3) is 11.8 Å². The molecule has 6 nitrogen and oxygen atoms in total. The minimum Gasteiger partial charge on any atom is -0.322 e. The number of nitrogens with one attached hydrogen (secondary N) is 2. The van der Waals surface area contributed by atoms with Crippen molar-refractivity contribution in [1.29, 1.82) is 0 Å². The predicted octanol–water partition coefficient (Wildman–Crippen LogP) is 2.77. The summed E-state index contributed by atoms with van der Waals surface area (Å²) in [6.45, 7) is 2.16. The SMILES string of the molecule is CC1CCC2(CC1)NC(=O)N(NC(=O)c1cc3c(s1)CCCC3)C2=O. The Kier molecular flexibility index (Phi) is 4.06. The number of hydrogen-bond acceptors (Lipinski definition) is 4. The average Bonchev–Trinajstić information content (AvgIpc) is 3.13. The fourth-order valence-corrected chi connectivity index (χ4v) is 5.22. The van der Waals surface area contributed by atoms with Crippen LogP contribution in [0.2, 0.25) is 0 Å². The third-order valence-electron chi connectivity index (χ3n) is 5.72. The van der Waals surface area contributed by atoms with E-state index >= 15 is 0 Å². The Bertz CT molecular complexity index is 710. The summed E-state index contributed by atoms with van der Waals surface area (Å²) in [5.41, 5.74) is 2.93. The van der Waals surface area contributed by atoms with Crippen molar-refractivity contribution >= 4 is 29.2 Å². The van der Waals surface area contributed by atoms with Gasteiger partial charge in [-0.3, -0.25) is 15.0 Å². The maximum atomic E-state index is 12.8. The quantitative estimate of drug-likeness (QED) is 0.795. The number of carbonyl (C=O) groups excluding carboxylic acids is 3. The van der Waals surface area contributed by atoms with Crippen LogP contribution in [-0.2, 0) is 17.6 Å². The molecule has 2 N–H and O–H groups in total. The molecule has 2 aliphatic carbocycles. The number of thiophene rings is 1. The second kappa shape index (κ2) is 6.12. The maximum absolute atomic E-state index is 12.8. The van der Waals surface area contributed by atoms with Crippen LogP contribution in [0.25, 0.3) is 0 Å². The van der Waals surface area contributed by atoms with E-state index < -0.39 is 11.6 Å². The lowest BCUT2D eigenvalue weighted by Gasteiger charge is -2.33. The van der Waals surface area contributed by atoms with Crippen LogP contribution in [0.15, 0.2) is 6.07 Å². The zero-order valence-electron chi connectivity index (χ0n) is 14.4. The van der Waals surface area contributed by atoms with Crippen LogP contribution in [0, 0.1) is 5.92 Å². The molecule has 1 saturated carbocycles. The largest absolute Gasteiger partial charge is 0.344 e. The highest BCUT2D eigenvalue weighted by Crippen LogP contribution is 2.36. The molecule has 25 heavy (non-hydrogen) atoms. The average molecular weight is 361 g/mol. The Morgan fingerprint density at radius 3 is 2.72 bits per heavy atom. The number of fused-ring (bicyclic) bond motifs is 1. The molecule has 0 radical (unpaired) electrons. The number of carbonyl (C=O) groups is 3. The van der Waals surface area contributed by atoms with Crippen molar-refractivity contribution in [3.05, 3.63) is 21.4 Å². The molecular formula is C18H23N3O3S. The Hall–Kier alpha value is -1.89. The number of hydrogen-bond donors (Lipinski definition) is 2. The van der Waals surface area contributed by atoms with Gasteiger partial charge in [-0.25, -0.2) is 4.79 Å². The van der Waals surface area contributed by atoms with Crippen molar-refractivity contribution in [3.63, 3.8) is 0 Å². The van der Waals surface area contributed by atoms with Crippen molar-refractivity contribution in [2.24, 2.45) is 5.92 Å². The van der Waals surface area contributed by atoms with Gasteiger partial charge in [-0.2, -0.15) is 5.01 Å². The standard InChI is InChI=1S/C18H23N3O3S/c1-11-6-8-18(9-7-11)16(23)21(17(24)19-18)20-15(22)14-10-12-4-2-3-5-13(12)25-14/h10-11H,2-9H2,1H3,(H,19,24)(H,20,22). The number of hydrazine groups is 1. The minimum atomic E-state index is -0.828. The number of imide groups is 1. The lowest BCUT2D eigenvalue weighted by atomic mass is 9.77. The van der Waals surface area contributed by atoms with Crippen molar-refractivity contribution in [2.75, 3.05) is 0 Å². The molecule has 4 rings (SSSR count). The molecule has 2 fully saturated rings. The topological polar surface area (TPSA) is 78.5 Å². The van der Waals surface area contributed by atoms with Gasteiger partial charge in [0.1, 0.15) is 5.54 Å². The monoisotopic (exact) mass is 361 g/mol. The van der Waals surface area contributed by atoms with Crippen LogP contribution in [0.4, 0.5) is 4.79 Å². The maximum Gasteiger partial charge on any atom is 0.344 e. The smallest absolute Gasteiger partial charge is 0.322 e. The summed E-state index contributed by atoms with van der Waals surface area (Å²) >= 11 is 1.47. The molecule has 1 aromatic rings. The van der Waals surface area contributed by atoms with E-state index in [0.717, 1.165) is 43.5 Å². The number of amides is 4. The number of rotatable bonds is 2. The third kappa shape index (κ3) is 2.84. The van der Waals surface area contributed by atoms with Crippen LogP contribution in [0.3, 0.4) is 0 Å². The fraction of sp³-hybridized carbons (Fsp3) is 0.611. The number of nitrogens with zero attached hydrogens (tertiary/aromatic N) is 1. The van der Waals surface area contributed by atoms with Gasteiger partial charge >= 0.3 is 6.03 Å². The van der Waals surface area contributed by atoms with Crippen molar-refractivity contribution in [1.82, 2.24) is 15.8 Å². The molecule has 134 valence electrons. The molecule has 0 bridgehead atoms. The van der Waals surface area contributed by atoms with Crippen molar-refractivity contribution in [2.45, 2.75) is 63.8 Å². The lowest BCUT2D eigenvalue weighted by molar-refractivity contribution is -0.134. The zero-order chi connectivity index (χ0) is 17.6. The van der Waals surface area contributed by atoms with Gasteiger partial charge in [0, 0.05) is 4.88 Å². The van der Waals surface area contributed by atoms with Gasteiger partial charge in [-0.15, -0.1) is 11.3 Å². The number of urea groups is 1. The van der Waals surface area contributed by atoms with Gasteiger partial charge in [0.05, 0.1) is 4.88 Å². The van der Waals surface area contributed by atoms with E-state index in [2.05, 4.69) is 17.7 Å². The highest BCUT2D eigenvalue weighted by Gasteiger charge is 2.53. The van der Waals surface area contributed by atoms with Crippen molar-refractivity contribution in [3.8, 4) is 0 Å². The molecule has 1 aliphatic heterocycles. The molecule has 0 unspecified atom stereocenters. The molecule has 3 aliphatic rings. The molecule has 7 heteroatoms. The van der Waals surface area contributed by atoms with E-state index in [9.17, 15) is 14.4 Å².